The van der Waals surface area contributed by atoms with E-state index in [-0.39, 0.29) is 22.9 Å². The van der Waals surface area contributed by atoms with Gasteiger partial charge < -0.3 is 5.11 Å². The summed E-state index contributed by atoms with van der Waals surface area (Å²) in [5.41, 5.74) is 0.102. The minimum Gasteiger partial charge on any atom is -0.511 e. The minimum absolute atomic E-state index is 0.0396. The molecule has 1 aliphatic carbocycles. The lowest BCUT2D eigenvalue weighted by Crippen LogP contribution is -2.20. The predicted molar refractivity (Wildman–Crippen MR) is 104 cm³/mol. The van der Waals surface area contributed by atoms with Crippen LogP contribution in [0.2, 0.25) is 0 Å². The zero-order chi connectivity index (χ0) is 18.3. The predicted octanol–water partition coefficient (Wildman–Crippen LogP) is 6.60. The number of rotatable bonds is 14. The molecule has 1 N–H and O–H groups in total. The molecule has 0 atom stereocenters. The summed E-state index contributed by atoms with van der Waals surface area (Å²) in [6.07, 6.45) is 18.6. The number of unbranched alkanes of at least 4 members (excludes halogenated alkanes) is 12. The molecule has 3 heteroatoms. The van der Waals surface area contributed by atoms with Crippen molar-refractivity contribution in [2.24, 2.45) is 0 Å². The average molecular weight is 351 g/mol. The van der Waals surface area contributed by atoms with Crippen molar-refractivity contribution in [2.75, 3.05) is 0 Å². The van der Waals surface area contributed by atoms with Crippen molar-refractivity contribution >= 4 is 11.6 Å². The normalized spacial score (nSPS) is 15.0. The number of carbonyl (C=O) groups excluding carboxylic acids is 2. The standard InChI is InChI=1S/C22H38O3/c1-2-3-4-5-6-7-8-9-10-11-12-13-14-16-19(23)22-20(24)17-15-18-21(22)25/h23H,2-18H2,1H3. The molecule has 1 aliphatic rings. The highest BCUT2D eigenvalue weighted by atomic mass is 16.3. The monoisotopic (exact) mass is 350 g/mol. The maximum Gasteiger partial charge on any atom is 0.169 e. The highest BCUT2D eigenvalue weighted by Gasteiger charge is 2.26. The Balaban J connectivity index is 1.96. The molecule has 0 bridgehead atoms. The van der Waals surface area contributed by atoms with Gasteiger partial charge in [-0.15, -0.1) is 0 Å². The van der Waals surface area contributed by atoms with E-state index in [0.717, 1.165) is 12.8 Å². The van der Waals surface area contributed by atoms with Gasteiger partial charge in [0.1, 0.15) is 5.76 Å². The van der Waals surface area contributed by atoms with Crippen LogP contribution in [0.25, 0.3) is 0 Å². The van der Waals surface area contributed by atoms with Crippen molar-refractivity contribution in [1.29, 1.82) is 0 Å². The molecular weight excluding hydrogens is 312 g/mol. The fourth-order valence-electron chi connectivity index (χ4n) is 3.57. The van der Waals surface area contributed by atoms with Gasteiger partial charge in [0.05, 0.1) is 5.57 Å². The summed E-state index contributed by atoms with van der Waals surface area (Å²) in [5, 5.41) is 10.0. The van der Waals surface area contributed by atoms with E-state index in [4.69, 9.17) is 0 Å². The van der Waals surface area contributed by atoms with Gasteiger partial charge >= 0.3 is 0 Å². The first-order valence-corrected chi connectivity index (χ1v) is 10.6. The number of hydrogen-bond donors (Lipinski definition) is 1. The number of carbonyl (C=O) groups is 2. The first-order chi connectivity index (χ1) is 12.2. The summed E-state index contributed by atoms with van der Waals surface area (Å²) in [6.45, 7) is 2.26. The molecule has 0 aromatic rings. The highest BCUT2D eigenvalue weighted by Crippen LogP contribution is 2.22. The van der Waals surface area contributed by atoms with E-state index in [2.05, 4.69) is 6.92 Å². The summed E-state index contributed by atoms with van der Waals surface area (Å²) >= 11 is 0. The number of Topliss-reactive ketones (excluding diaryl/α,β-unsaturated/α-hetero) is 2. The lowest BCUT2D eigenvalue weighted by molar-refractivity contribution is -0.124. The molecule has 3 nitrogen and oxygen atoms in total. The fraction of sp³-hybridized carbons (Fsp3) is 0.818. The van der Waals surface area contributed by atoms with Crippen molar-refractivity contribution < 1.29 is 14.7 Å². The van der Waals surface area contributed by atoms with E-state index in [1.165, 1.54) is 70.6 Å². The van der Waals surface area contributed by atoms with E-state index in [1.807, 2.05) is 0 Å². The second-order valence-corrected chi connectivity index (χ2v) is 7.51. The molecule has 0 heterocycles. The Labute approximate surface area is 154 Å². The number of aliphatic hydroxyl groups excluding tert-OH is 1. The Morgan fingerprint density at radius 1 is 0.720 bits per heavy atom. The molecule has 0 saturated heterocycles. The lowest BCUT2D eigenvalue weighted by atomic mass is 9.90. The van der Waals surface area contributed by atoms with Gasteiger partial charge in [0.25, 0.3) is 0 Å². The van der Waals surface area contributed by atoms with Gasteiger partial charge in [-0.05, 0) is 12.8 Å². The van der Waals surface area contributed by atoms with Crippen LogP contribution in [0.15, 0.2) is 11.3 Å². The molecule has 0 unspecified atom stereocenters. The van der Waals surface area contributed by atoms with E-state index in [1.54, 1.807) is 0 Å². The smallest absolute Gasteiger partial charge is 0.169 e. The molecule has 1 rings (SSSR count). The van der Waals surface area contributed by atoms with Crippen LogP contribution in [-0.4, -0.2) is 16.7 Å². The van der Waals surface area contributed by atoms with Gasteiger partial charge in [-0.1, -0.05) is 84.0 Å². The van der Waals surface area contributed by atoms with Gasteiger partial charge in [0.15, 0.2) is 11.6 Å². The quantitative estimate of drug-likeness (QED) is 0.166. The van der Waals surface area contributed by atoms with Crippen molar-refractivity contribution in [2.45, 2.75) is 116 Å². The van der Waals surface area contributed by atoms with Gasteiger partial charge in [0.2, 0.25) is 0 Å². The van der Waals surface area contributed by atoms with E-state index >= 15 is 0 Å². The van der Waals surface area contributed by atoms with Gasteiger partial charge in [-0.3, -0.25) is 9.59 Å². The van der Waals surface area contributed by atoms with Gasteiger partial charge in [-0.25, -0.2) is 0 Å². The van der Waals surface area contributed by atoms with Crippen LogP contribution in [0.1, 0.15) is 116 Å². The van der Waals surface area contributed by atoms with Gasteiger partial charge in [-0.2, -0.15) is 0 Å². The first kappa shape index (κ1) is 21.9. The summed E-state index contributed by atoms with van der Waals surface area (Å²) in [4.78, 5) is 23.5. The zero-order valence-corrected chi connectivity index (χ0v) is 16.3. The van der Waals surface area contributed by atoms with Crippen molar-refractivity contribution in [3.05, 3.63) is 11.3 Å². The molecule has 0 aromatic heterocycles. The van der Waals surface area contributed by atoms with Crippen LogP contribution in [0.4, 0.5) is 0 Å². The molecule has 0 spiro atoms. The van der Waals surface area contributed by atoms with Crippen LogP contribution in [0, 0.1) is 0 Å². The SMILES string of the molecule is CCCCCCCCCCCCCCCC(O)=C1C(=O)CCCC1=O. The third kappa shape index (κ3) is 9.81. The maximum atomic E-state index is 11.7. The van der Waals surface area contributed by atoms with E-state index < -0.39 is 0 Å². The van der Waals surface area contributed by atoms with Crippen molar-refractivity contribution in [1.82, 2.24) is 0 Å². The van der Waals surface area contributed by atoms with Crippen LogP contribution >= 0.6 is 0 Å². The topological polar surface area (TPSA) is 54.4 Å². The molecule has 144 valence electrons. The summed E-state index contributed by atoms with van der Waals surface area (Å²) in [6, 6.07) is 0. The molecule has 0 radical (unpaired) electrons. The van der Waals surface area contributed by atoms with Crippen LogP contribution in [0.5, 0.6) is 0 Å². The largest absolute Gasteiger partial charge is 0.511 e. The van der Waals surface area contributed by atoms with Crippen molar-refractivity contribution in [3.8, 4) is 0 Å². The minimum atomic E-state index is -0.163. The summed E-state index contributed by atoms with van der Waals surface area (Å²) in [5.74, 6) is -0.287. The van der Waals surface area contributed by atoms with Crippen LogP contribution < -0.4 is 0 Å². The average Bonchev–Trinajstić information content (AvgIpc) is 2.59. The Morgan fingerprint density at radius 3 is 1.56 bits per heavy atom. The molecular formula is C22H38O3. The third-order valence-corrected chi connectivity index (χ3v) is 5.17. The molecule has 25 heavy (non-hydrogen) atoms. The van der Waals surface area contributed by atoms with Crippen LogP contribution in [0.3, 0.4) is 0 Å². The van der Waals surface area contributed by atoms with E-state index in [0.29, 0.717) is 25.7 Å². The second kappa shape index (κ2) is 14.1. The summed E-state index contributed by atoms with van der Waals surface area (Å²) in [7, 11) is 0. The highest BCUT2D eigenvalue weighted by molar-refractivity contribution is 6.21. The lowest BCUT2D eigenvalue weighted by Gasteiger charge is -2.13. The fourth-order valence-corrected chi connectivity index (χ4v) is 3.57. The number of hydrogen-bond acceptors (Lipinski definition) is 3. The molecule has 1 saturated carbocycles. The zero-order valence-electron chi connectivity index (χ0n) is 16.3. The molecule has 1 fully saturated rings. The van der Waals surface area contributed by atoms with E-state index in [9.17, 15) is 14.7 Å². The number of ketones is 2. The van der Waals surface area contributed by atoms with Gasteiger partial charge in [0, 0.05) is 19.3 Å². The molecule has 0 amide bonds. The second-order valence-electron chi connectivity index (χ2n) is 7.51. The Bertz CT molecular complexity index is 405. The van der Waals surface area contributed by atoms with Crippen LogP contribution in [-0.2, 0) is 9.59 Å². The first-order valence-electron chi connectivity index (χ1n) is 10.6. The summed E-state index contributed by atoms with van der Waals surface area (Å²) < 4.78 is 0. The maximum absolute atomic E-state index is 11.7. The Kier molecular flexibility index (Phi) is 12.4. The Hall–Kier alpha value is -1.12. The third-order valence-electron chi connectivity index (χ3n) is 5.17. The number of aliphatic hydroxyl groups is 1. The van der Waals surface area contributed by atoms with Crippen molar-refractivity contribution in [3.63, 3.8) is 0 Å². The Morgan fingerprint density at radius 2 is 1.12 bits per heavy atom. The molecule has 0 aliphatic heterocycles. The number of allylic oxidation sites excluding steroid dienone is 2. The molecule has 0 aromatic carbocycles.